The minimum absolute atomic E-state index is 0.00457. The average molecular weight is 430 g/mol. The number of nitrogens with one attached hydrogen (secondary N) is 2. The van der Waals surface area contributed by atoms with Gasteiger partial charge in [-0.25, -0.2) is 9.59 Å². The van der Waals surface area contributed by atoms with Crippen molar-refractivity contribution in [2.24, 2.45) is 11.3 Å². The first-order chi connectivity index (χ1) is 14.8. The first-order valence-electron chi connectivity index (χ1n) is 11.6. The van der Waals surface area contributed by atoms with Gasteiger partial charge in [-0.05, 0) is 62.2 Å². The van der Waals surface area contributed by atoms with Crippen LogP contribution < -0.4 is 10.6 Å². The van der Waals surface area contributed by atoms with Crippen molar-refractivity contribution in [3.63, 3.8) is 0 Å². The number of likely N-dealkylation sites (tertiary alicyclic amines) is 2. The quantitative estimate of drug-likeness (QED) is 0.750. The first-order valence-corrected chi connectivity index (χ1v) is 11.6. The molecule has 0 unspecified atom stereocenters. The summed E-state index contributed by atoms with van der Waals surface area (Å²) in [7, 11) is 3.49. The van der Waals surface area contributed by atoms with Crippen LogP contribution in [0.3, 0.4) is 0 Å². The van der Waals surface area contributed by atoms with Crippen LogP contribution in [-0.4, -0.2) is 79.6 Å². The minimum Gasteiger partial charge on any atom is -0.336 e. The van der Waals surface area contributed by atoms with E-state index in [9.17, 15) is 9.59 Å². The van der Waals surface area contributed by atoms with Gasteiger partial charge in [0.05, 0.1) is 6.04 Å². The number of nitrogens with zero attached hydrogens (tertiary/aromatic N) is 3. The van der Waals surface area contributed by atoms with Crippen LogP contribution in [-0.2, 0) is 0 Å². The number of para-hydroxylation sites is 1. The molecule has 1 aromatic rings. The molecule has 0 bridgehead atoms. The number of piperidine rings is 2. The lowest BCUT2D eigenvalue weighted by Crippen LogP contribution is -2.62. The van der Waals surface area contributed by atoms with Crippen molar-refractivity contribution in [3.05, 3.63) is 30.3 Å². The SMILES string of the molecule is CC(C)CN1CCC2(CCCN(C(=O)Nc3ccccc3)[C@H]2CNC(=O)N(C)C)CC1. The number of hydrogen-bond donors (Lipinski definition) is 2. The summed E-state index contributed by atoms with van der Waals surface area (Å²) < 4.78 is 0. The van der Waals surface area contributed by atoms with Gasteiger partial charge in [0.15, 0.2) is 0 Å². The van der Waals surface area contributed by atoms with Crippen LogP contribution >= 0.6 is 0 Å². The van der Waals surface area contributed by atoms with Gasteiger partial charge in [-0.2, -0.15) is 0 Å². The molecule has 2 aliphatic rings. The van der Waals surface area contributed by atoms with Crippen molar-refractivity contribution in [2.75, 3.05) is 52.1 Å². The van der Waals surface area contributed by atoms with Crippen LogP contribution in [0, 0.1) is 11.3 Å². The highest BCUT2D eigenvalue weighted by molar-refractivity contribution is 5.89. The van der Waals surface area contributed by atoms with Gasteiger partial charge in [0.1, 0.15) is 0 Å². The molecule has 7 nitrogen and oxygen atoms in total. The molecule has 2 N–H and O–H groups in total. The summed E-state index contributed by atoms with van der Waals surface area (Å²) in [5, 5.41) is 6.13. The number of amides is 4. The second kappa shape index (κ2) is 10.4. The Hall–Kier alpha value is -2.28. The van der Waals surface area contributed by atoms with Crippen LogP contribution in [0.2, 0.25) is 0 Å². The third-order valence-electron chi connectivity index (χ3n) is 6.77. The van der Waals surface area contributed by atoms with Crippen LogP contribution in [0.4, 0.5) is 15.3 Å². The molecule has 2 aliphatic heterocycles. The highest BCUT2D eigenvalue weighted by Crippen LogP contribution is 2.44. The molecule has 31 heavy (non-hydrogen) atoms. The monoisotopic (exact) mass is 429 g/mol. The number of anilines is 1. The normalized spacial score (nSPS) is 21.2. The van der Waals surface area contributed by atoms with Gasteiger partial charge in [-0.15, -0.1) is 0 Å². The molecule has 172 valence electrons. The zero-order chi connectivity index (χ0) is 22.4. The topological polar surface area (TPSA) is 67.9 Å². The van der Waals surface area contributed by atoms with E-state index in [4.69, 9.17) is 0 Å². The third kappa shape index (κ3) is 5.91. The molecule has 2 saturated heterocycles. The van der Waals surface area contributed by atoms with E-state index in [0.29, 0.717) is 12.5 Å². The van der Waals surface area contributed by atoms with E-state index in [1.165, 1.54) is 0 Å². The number of benzene rings is 1. The molecule has 0 radical (unpaired) electrons. The lowest BCUT2D eigenvalue weighted by Gasteiger charge is -2.53. The highest BCUT2D eigenvalue weighted by Gasteiger charge is 2.47. The minimum atomic E-state index is -0.110. The standard InChI is InChI=1S/C24H39N5O2/c1-19(2)18-28-15-12-24(13-16-28)11-8-14-29(21(24)17-25-22(30)27(3)4)23(31)26-20-9-6-5-7-10-20/h5-7,9-10,19,21H,8,11-18H2,1-4H3,(H,25,30)(H,26,31)/t21-/m0/s1. The predicted octanol–water partition coefficient (Wildman–Crippen LogP) is 3.69. The van der Waals surface area contributed by atoms with Gasteiger partial charge in [0.25, 0.3) is 0 Å². The van der Waals surface area contributed by atoms with Crippen LogP contribution in [0.5, 0.6) is 0 Å². The Bertz CT molecular complexity index is 729. The number of carbonyl (C=O) groups excluding carboxylic acids is 2. The number of carbonyl (C=O) groups is 2. The van der Waals surface area contributed by atoms with Gasteiger partial charge >= 0.3 is 12.1 Å². The molecule has 0 aliphatic carbocycles. The summed E-state index contributed by atoms with van der Waals surface area (Å²) in [5.41, 5.74) is 0.856. The fraction of sp³-hybridized carbons (Fsp3) is 0.667. The summed E-state index contributed by atoms with van der Waals surface area (Å²) in [6.45, 7) is 8.98. The maximum Gasteiger partial charge on any atom is 0.322 e. The molecule has 1 atom stereocenters. The lowest BCUT2D eigenvalue weighted by atomic mass is 9.66. The van der Waals surface area contributed by atoms with E-state index in [0.717, 1.165) is 57.5 Å². The van der Waals surface area contributed by atoms with Gasteiger partial charge in [0.2, 0.25) is 0 Å². The van der Waals surface area contributed by atoms with E-state index >= 15 is 0 Å². The molecular formula is C24H39N5O2. The molecule has 1 spiro atoms. The van der Waals surface area contributed by atoms with Gasteiger partial charge in [0, 0.05) is 39.4 Å². The van der Waals surface area contributed by atoms with Crippen LogP contribution in [0.1, 0.15) is 39.5 Å². The Morgan fingerprint density at radius 3 is 2.39 bits per heavy atom. The van der Waals surface area contributed by atoms with E-state index in [-0.39, 0.29) is 23.5 Å². The summed E-state index contributed by atoms with van der Waals surface area (Å²) in [6, 6.07) is 9.42. The molecule has 1 aromatic carbocycles. The van der Waals surface area contributed by atoms with Gasteiger partial charge < -0.3 is 25.3 Å². The number of hydrogen-bond acceptors (Lipinski definition) is 3. The van der Waals surface area contributed by atoms with Crippen LogP contribution in [0.15, 0.2) is 30.3 Å². The van der Waals surface area contributed by atoms with E-state index in [1.54, 1.807) is 19.0 Å². The molecule has 2 heterocycles. The Balaban J connectivity index is 1.77. The fourth-order valence-corrected chi connectivity index (χ4v) is 5.16. The van der Waals surface area contributed by atoms with Crippen molar-refractivity contribution in [1.29, 1.82) is 0 Å². The summed E-state index contributed by atoms with van der Waals surface area (Å²) in [4.78, 5) is 31.6. The largest absolute Gasteiger partial charge is 0.336 e. The van der Waals surface area contributed by atoms with E-state index in [1.807, 2.05) is 35.2 Å². The second-order valence-corrected chi connectivity index (χ2v) is 9.75. The van der Waals surface area contributed by atoms with Gasteiger partial charge in [-0.3, -0.25) is 0 Å². The first kappa shape index (κ1) is 23.4. The number of urea groups is 2. The van der Waals surface area contributed by atoms with Crippen LogP contribution in [0.25, 0.3) is 0 Å². The number of rotatable bonds is 5. The molecule has 3 rings (SSSR count). The Kier molecular flexibility index (Phi) is 7.81. The Morgan fingerprint density at radius 2 is 1.77 bits per heavy atom. The highest BCUT2D eigenvalue weighted by atomic mass is 16.2. The summed E-state index contributed by atoms with van der Waals surface area (Å²) in [5.74, 6) is 0.656. The van der Waals surface area contributed by atoms with Crippen molar-refractivity contribution in [1.82, 2.24) is 20.0 Å². The lowest BCUT2D eigenvalue weighted by molar-refractivity contribution is -0.0121. The zero-order valence-corrected chi connectivity index (χ0v) is 19.6. The average Bonchev–Trinajstić information content (AvgIpc) is 2.74. The Labute approximate surface area is 187 Å². The molecular weight excluding hydrogens is 390 g/mol. The van der Waals surface area contributed by atoms with Crippen molar-refractivity contribution >= 4 is 17.7 Å². The Morgan fingerprint density at radius 1 is 1.10 bits per heavy atom. The molecule has 0 saturated carbocycles. The predicted molar refractivity (Wildman–Crippen MR) is 125 cm³/mol. The molecule has 4 amide bonds. The summed E-state index contributed by atoms with van der Waals surface area (Å²) >= 11 is 0. The molecule has 2 fully saturated rings. The van der Waals surface area contributed by atoms with Crippen molar-refractivity contribution < 1.29 is 9.59 Å². The maximum atomic E-state index is 13.3. The molecule has 7 heteroatoms. The van der Waals surface area contributed by atoms with Crippen molar-refractivity contribution in [3.8, 4) is 0 Å². The van der Waals surface area contributed by atoms with Crippen molar-refractivity contribution in [2.45, 2.75) is 45.6 Å². The second-order valence-electron chi connectivity index (χ2n) is 9.75. The smallest absolute Gasteiger partial charge is 0.322 e. The zero-order valence-electron chi connectivity index (χ0n) is 19.6. The van der Waals surface area contributed by atoms with E-state index in [2.05, 4.69) is 29.4 Å². The van der Waals surface area contributed by atoms with Gasteiger partial charge in [-0.1, -0.05) is 32.0 Å². The summed E-state index contributed by atoms with van der Waals surface area (Å²) in [6.07, 6.45) is 4.25. The maximum absolute atomic E-state index is 13.3. The fourth-order valence-electron chi connectivity index (χ4n) is 5.16. The molecule has 0 aromatic heterocycles. The van der Waals surface area contributed by atoms with E-state index < -0.39 is 0 Å². The third-order valence-corrected chi connectivity index (χ3v) is 6.77.